The second-order valence-electron chi connectivity index (χ2n) is 6.21. The van der Waals surface area contributed by atoms with Crippen LogP contribution in [0.15, 0.2) is 28.1 Å². The number of aromatic nitrogens is 1. The summed E-state index contributed by atoms with van der Waals surface area (Å²) >= 11 is 5.21. The van der Waals surface area contributed by atoms with Gasteiger partial charge < -0.3 is 10.0 Å². The van der Waals surface area contributed by atoms with Gasteiger partial charge in [0.2, 0.25) is 0 Å². The molecule has 0 saturated carbocycles. The van der Waals surface area contributed by atoms with Crippen LogP contribution in [0.4, 0.5) is 5.82 Å². The number of aliphatic hydroxyl groups is 1. The van der Waals surface area contributed by atoms with Crippen LogP contribution in [0.25, 0.3) is 0 Å². The molecule has 2 aromatic rings. The van der Waals surface area contributed by atoms with Crippen LogP contribution < -0.4 is 4.90 Å². The van der Waals surface area contributed by atoms with Crippen LogP contribution in [-0.2, 0) is 18.6 Å². The van der Waals surface area contributed by atoms with E-state index in [1.807, 2.05) is 19.2 Å². The summed E-state index contributed by atoms with van der Waals surface area (Å²) in [4.78, 5) is 8.16. The summed E-state index contributed by atoms with van der Waals surface area (Å²) in [6.45, 7) is 7.25. The molecule has 2 aromatic heterocycles. The predicted molar refractivity (Wildman–Crippen MR) is 93.0 cm³/mol. The fourth-order valence-corrected chi connectivity index (χ4v) is 3.50. The van der Waals surface area contributed by atoms with Gasteiger partial charge in [0.25, 0.3) is 0 Å². The smallest absolute Gasteiger partial charge is 0.129 e. The number of thiophene rings is 1. The maximum Gasteiger partial charge on any atom is 0.129 e. The highest BCUT2D eigenvalue weighted by Gasteiger charge is 2.18. The zero-order valence-corrected chi connectivity index (χ0v) is 15.3. The van der Waals surface area contributed by atoms with Crippen LogP contribution in [0.3, 0.4) is 0 Å². The van der Waals surface area contributed by atoms with Crippen LogP contribution in [0, 0.1) is 0 Å². The van der Waals surface area contributed by atoms with Crippen molar-refractivity contribution < 1.29 is 5.11 Å². The van der Waals surface area contributed by atoms with Gasteiger partial charge in [0, 0.05) is 32.9 Å². The lowest BCUT2D eigenvalue weighted by atomic mass is 9.91. The van der Waals surface area contributed by atoms with Gasteiger partial charge in [-0.3, -0.25) is 0 Å². The van der Waals surface area contributed by atoms with E-state index in [1.54, 1.807) is 11.3 Å². The third kappa shape index (κ3) is 4.28. The number of pyridine rings is 1. The molecule has 5 heteroatoms. The number of rotatable bonds is 4. The Balaban J connectivity index is 2.29. The Morgan fingerprint density at radius 1 is 1.29 bits per heavy atom. The van der Waals surface area contributed by atoms with Crippen LogP contribution in [-0.4, -0.2) is 17.1 Å². The summed E-state index contributed by atoms with van der Waals surface area (Å²) in [5.74, 6) is 0.899. The molecule has 0 aliphatic rings. The van der Waals surface area contributed by atoms with E-state index in [4.69, 9.17) is 4.98 Å². The van der Waals surface area contributed by atoms with Gasteiger partial charge in [-0.25, -0.2) is 4.98 Å². The SMILES string of the molecule is CN(Cc1cc(Br)cs1)c1cc(CO)cc(C(C)(C)C)n1. The minimum atomic E-state index is -0.0350. The van der Waals surface area contributed by atoms with Gasteiger partial charge in [-0.15, -0.1) is 11.3 Å². The molecule has 21 heavy (non-hydrogen) atoms. The predicted octanol–water partition coefficient (Wildman–Crippen LogP) is 4.33. The first-order valence-electron chi connectivity index (χ1n) is 6.86. The van der Waals surface area contributed by atoms with E-state index in [-0.39, 0.29) is 12.0 Å². The minimum absolute atomic E-state index is 0.0350. The van der Waals surface area contributed by atoms with Gasteiger partial charge >= 0.3 is 0 Å². The van der Waals surface area contributed by atoms with Crippen molar-refractivity contribution in [3.05, 3.63) is 44.2 Å². The Hall–Kier alpha value is -0.910. The van der Waals surface area contributed by atoms with Gasteiger partial charge in [-0.2, -0.15) is 0 Å². The molecule has 2 rings (SSSR count). The summed E-state index contributed by atoms with van der Waals surface area (Å²) < 4.78 is 1.11. The van der Waals surface area contributed by atoms with Crippen molar-refractivity contribution in [2.45, 2.75) is 39.3 Å². The number of hydrogen-bond donors (Lipinski definition) is 1. The zero-order chi connectivity index (χ0) is 15.6. The lowest BCUT2D eigenvalue weighted by molar-refractivity contribution is 0.281. The van der Waals surface area contributed by atoms with Crippen molar-refractivity contribution in [3.8, 4) is 0 Å². The van der Waals surface area contributed by atoms with Crippen LogP contribution >= 0.6 is 27.3 Å². The average molecular weight is 369 g/mol. The van der Waals surface area contributed by atoms with Gasteiger partial charge in [-0.1, -0.05) is 20.8 Å². The number of aliphatic hydroxyl groups excluding tert-OH is 1. The van der Waals surface area contributed by atoms with E-state index in [1.165, 1.54) is 4.88 Å². The topological polar surface area (TPSA) is 36.4 Å². The van der Waals surface area contributed by atoms with Crippen LogP contribution in [0.1, 0.15) is 36.9 Å². The van der Waals surface area contributed by atoms with Crippen molar-refractivity contribution in [1.82, 2.24) is 4.98 Å². The second-order valence-corrected chi connectivity index (χ2v) is 8.13. The highest BCUT2D eigenvalue weighted by atomic mass is 79.9. The highest BCUT2D eigenvalue weighted by molar-refractivity contribution is 9.10. The van der Waals surface area contributed by atoms with Crippen LogP contribution in [0.5, 0.6) is 0 Å². The molecule has 0 spiro atoms. The van der Waals surface area contributed by atoms with Crippen molar-refractivity contribution in [3.63, 3.8) is 0 Å². The largest absolute Gasteiger partial charge is 0.392 e. The van der Waals surface area contributed by atoms with E-state index in [2.05, 4.69) is 53.0 Å². The van der Waals surface area contributed by atoms with E-state index in [0.717, 1.165) is 28.1 Å². The van der Waals surface area contributed by atoms with Crippen molar-refractivity contribution in [2.24, 2.45) is 0 Å². The van der Waals surface area contributed by atoms with E-state index in [9.17, 15) is 5.11 Å². The quantitative estimate of drug-likeness (QED) is 0.872. The summed E-state index contributed by atoms with van der Waals surface area (Å²) in [5.41, 5.74) is 1.87. The molecule has 0 aliphatic heterocycles. The van der Waals surface area contributed by atoms with Crippen molar-refractivity contribution in [1.29, 1.82) is 0 Å². The van der Waals surface area contributed by atoms with E-state index in [0.29, 0.717) is 0 Å². The molecular weight excluding hydrogens is 348 g/mol. The Morgan fingerprint density at radius 2 is 2.00 bits per heavy atom. The summed E-state index contributed by atoms with van der Waals surface area (Å²) in [6.07, 6.45) is 0. The first-order valence-corrected chi connectivity index (χ1v) is 8.53. The third-order valence-corrected chi connectivity index (χ3v) is 4.91. The Bertz CT molecular complexity index is 619. The molecule has 0 radical (unpaired) electrons. The minimum Gasteiger partial charge on any atom is -0.392 e. The molecule has 3 nitrogen and oxygen atoms in total. The molecule has 2 heterocycles. The van der Waals surface area contributed by atoms with Crippen molar-refractivity contribution >= 4 is 33.1 Å². The lowest BCUT2D eigenvalue weighted by Crippen LogP contribution is -2.21. The summed E-state index contributed by atoms with van der Waals surface area (Å²) in [5, 5.41) is 11.6. The second kappa shape index (κ2) is 6.46. The molecule has 0 unspecified atom stereocenters. The number of hydrogen-bond acceptors (Lipinski definition) is 4. The molecule has 0 atom stereocenters. The maximum atomic E-state index is 9.48. The molecule has 1 N–H and O–H groups in total. The molecular formula is C16H21BrN2OS. The fourth-order valence-electron chi connectivity index (χ4n) is 1.99. The Morgan fingerprint density at radius 3 is 2.52 bits per heavy atom. The summed E-state index contributed by atoms with van der Waals surface area (Å²) in [6, 6.07) is 6.07. The molecule has 0 aromatic carbocycles. The molecule has 0 bridgehead atoms. The number of anilines is 1. The monoisotopic (exact) mass is 368 g/mol. The molecule has 0 aliphatic carbocycles. The lowest BCUT2D eigenvalue weighted by Gasteiger charge is -2.23. The zero-order valence-electron chi connectivity index (χ0n) is 12.9. The molecule has 0 saturated heterocycles. The normalized spacial score (nSPS) is 11.7. The van der Waals surface area contributed by atoms with Gasteiger partial charge in [0.1, 0.15) is 5.82 Å². The molecule has 114 valence electrons. The summed E-state index contributed by atoms with van der Waals surface area (Å²) in [7, 11) is 2.03. The maximum absolute atomic E-state index is 9.48. The Kier molecular flexibility index (Phi) is 5.07. The first-order chi connectivity index (χ1) is 9.79. The van der Waals surface area contributed by atoms with Gasteiger partial charge in [0.05, 0.1) is 13.2 Å². The molecule has 0 amide bonds. The van der Waals surface area contributed by atoms with Crippen molar-refractivity contribution in [2.75, 3.05) is 11.9 Å². The number of nitrogens with zero attached hydrogens (tertiary/aromatic N) is 2. The highest BCUT2D eigenvalue weighted by Crippen LogP contribution is 2.26. The van der Waals surface area contributed by atoms with Crippen LogP contribution in [0.2, 0.25) is 0 Å². The third-order valence-electron chi connectivity index (χ3n) is 3.23. The van der Waals surface area contributed by atoms with Gasteiger partial charge in [-0.05, 0) is 39.7 Å². The van der Waals surface area contributed by atoms with E-state index < -0.39 is 0 Å². The number of halogens is 1. The fraction of sp³-hybridized carbons (Fsp3) is 0.438. The average Bonchev–Trinajstić information content (AvgIpc) is 2.82. The van der Waals surface area contributed by atoms with Gasteiger partial charge in [0.15, 0.2) is 0 Å². The van der Waals surface area contributed by atoms with E-state index >= 15 is 0 Å². The standard InChI is InChI=1S/C16H21BrN2OS/c1-16(2,3)14-5-11(9-20)6-15(18-14)19(4)8-13-7-12(17)10-21-13/h5-7,10,20H,8-9H2,1-4H3. The first kappa shape index (κ1) is 16.5. The Labute approximate surface area is 138 Å². The molecule has 0 fully saturated rings.